The Kier molecular flexibility index (Phi) is 7.07. The van der Waals surface area contributed by atoms with Crippen LogP contribution in [-0.2, 0) is 32.8 Å². The fraction of sp³-hybridized carbons (Fsp3) is 0.222. The minimum absolute atomic E-state index is 0.0643. The van der Waals surface area contributed by atoms with Crippen LogP contribution in [0.3, 0.4) is 0 Å². The van der Waals surface area contributed by atoms with E-state index in [9.17, 15) is 28.0 Å². The second-order valence-corrected chi connectivity index (χ2v) is 7.73. The van der Waals surface area contributed by atoms with Crippen LogP contribution in [0, 0.1) is 0 Å². The third kappa shape index (κ3) is 6.08. The van der Waals surface area contributed by atoms with E-state index in [0.29, 0.717) is 5.56 Å². The number of carboxylic acids is 1. The molecular weight excluding hydrogens is 411 g/mol. The average Bonchev–Trinajstić information content (AvgIpc) is 2.66. The summed E-state index contributed by atoms with van der Waals surface area (Å²) in [7, 11) is -5.70. The van der Waals surface area contributed by atoms with Gasteiger partial charge in [0.2, 0.25) is 0 Å². The molecule has 8 nitrogen and oxygen atoms in total. The van der Waals surface area contributed by atoms with E-state index < -0.39 is 36.9 Å². The molecule has 0 spiro atoms. The lowest BCUT2D eigenvalue weighted by Crippen LogP contribution is -2.42. The van der Waals surface area contributed by atoms with Gasteiger partial charge in [-0.2, -0.15) is 8.78 Å². The van der Waals surface area contributed by atoms with Gasteiger partial charge in [0.25, 0.3) is 0 Å². The highest BCUT2D eigenvalue weighted by Crippen LogP contribution is 2.59. The van der Waals surface area contributed by atoms with E-state index in [4.69, 9.17) is 14.5 Å². The minimum atomic E-state index is -5.70. The molecule has 2 aromatic rings. The van der Waals surface area contributed by atoms with Gasteiger partial charge in [0.15, 0.2) is 0 Å². The van der Waals surface area contributed by atoms with E-state index in [0.717, 1.165) is 24.3 Å². The topological polar surface area (TPSA) is 133 Å². The molecule has 1 unspecified atom stereocenters. The van der Waals surface area contributed by atoms with Crippen LogP contribution in [0.5, 0.6) is 0 Å². The highest BCUT2D eigenvalue weighted by Gasteiger charge is 2.50. The van der Waals surface area contributed by atoms with Crippen LogP contribution in [0.4, 0.5) is 13.6 Å². The van der Waals surface area contributed by atoms with Crippen LogP contribution < -0.4 is 5.32 Å². The molecule has 4 N–H and O–H groups in total. The summed E-state index contributed by atoms with van der Waals surface area (Å²) in [6, 6.07) is 11.1. The molecule has 0 aliphatic rings. The number of ether oxygens (including phenoxy) is 1. The summed E-state index contributed by atoms with van der Waals surface area (Å²) in [5.41, 5.74) is -4.31. The van der Waals surface area contributed by atoms with Gasteiger partial charge >= 0.3 is 25.3 Å². The monoisotopic (exact) mass is 429 g/mol. The number of carboxylic acid groups (broad SMARTS) is 1. The van der Waals surface area contributed by atoms with Crippen molar-refractivity contribution in [1.29, 1.82) is 0 Å². The first-order chi connectivity index (χ1) is 13.5. The van der Waals surface area contributed by atoms with Gasteiger partial charge in [-0.3, -0.25) is 4.57 Å². The van der Waals surface area contributed by atoms with Crippen LogP contribution in [-0.4, -0.2) is 33.0 Å². The Morgan fingerprint density at radius 2 is 1.62 bits per heavy atom. The van der Waals surface area contributed by atoms with Crippen molar-refractivity contribution in [2.45, 2.75) is 24.7 Å². The van der Waals surface area contributed by atoms with Gasteiger partial charge in [-0.15, -0.1) is 0 Å². The lowest BCUT2D eigenvalue weighted by molar-refractivity contribution is -0.139. The summed E-state index contributed by atoms with van der Waals surface area (Å²) in [4.78, 5) is 40.7. The molecule has 156 valence electrons. The first kappa shape index (κ1) is 22.5. The second-order valence-electron chi connectivity index (χ2n) is 6.08. The number of benzene rings is 2. The number of rotatable bonds is 8. The summed E-state index contributed by atoms with van der Waals surface area (Å²) in [6.07, 6.45) is -1.22. The van der Waals surface area contributed by atoms with Gasteiger partial charge < -0.3 is 24.9 Å². The Morgan fingerprint density at radius 3 is 2.14 bits per heavy atom. The Labute approximate surface area is 164 Å². The van der Waals surface area contributed by atoms with Gasteiger partial charge in [0.05, 0.1) is 0 Å². The number of hydrogen-bond donors (Lipinski definition) is 4. The number of alkyl halides is 2. The van der Waals surface area contributed by atoms with E-state index in [1.54, 1.807) is 30.3 Å². The number of hydrogen-bond acceptors (Lipinski definition) is 4. The van der Waals surface area contributed by atoms with E-state index in [1.165, 1.54) is 0 Å². The molecule has 2 rings (SSSR count). The molecule has 11 heteroatoms. The lowest BCUT2D eigenvalue weighted by atomic mass is 10.0. The minimum Gasteiger partial charge on any atom is -0.480 e. The Hall–Kier alpha value is -2.81. The summed E-state index contributed by atoms with van der Waals surface area (Å²) < 4.78 is 43.1. The normalized spacial score (nSPS) is 12.8. The molecule has 0 bridgehead atoms. The maximum Gasteiger partial charge on any atom is 0.408 e. The zero-order valence-electron chi connectivity index (χ0n) is 14.9. The SMILES string of the molecule is O=C(NC(Cc1ccc(C(F)(F)P(=O)(O)O)cc1)C(=O)O)OCc1ccccc1. The van der Waals surface area contributed by atoms with E-state index in [1.807, 2.05) is 0 Å². The van der Waals surface area contributed by atoms with Crippen molar-refractivity contribution in [3.63, 3.8) is 0 Å². The van der Waals surface area contributed by atoms with Crippen molar-refractivity contribution in [2.75, 3.05) is 0 Å². The average molecular weight is 429 g/mol. The zero-order chi connectivity index (χ0) is 21.7. The van der Waals surface area contributed by atoms with Gasteiger partial charge in [-0.25, -0.2) is 9.59 Å². The molecule has 1 atom stereocenters. The van der Waals surface area contributed by atoms with E-state index >= 15 is 0 Å². The van der Waals surface area contributed by atoms with Gasteiger partial charge in [-0.1, -0.05) is 54.6 Å². The highest BCUT2D eigenvalue weighted by atomic mass is 31.2. The third-order valence-electron chi connectivity index (χ3n) is 3.91. The van der Waals surface area contributed by atoms with E-state index in [2.05, 4.69) is 5.32 Å². The molecule has 0 saturated carbocycles. The standard InChI is InChI=1S/C18H18F2NO7P/c19-18(20,29(25,26)27)14-8-6-12(7-9-14)10-15(16(22)23)21-17(24)28-11-13-4-2-1-3-5-13/h1-9,15H,10-11H2,(H,21,24)(H,22,23)(H2,25,26,27). The smallest absolute Gasteiger partial charge is 0.408 e. The second kappa shape index (κ2) is 9.13. The van der Waals surface area contributed by atoms with Crippen LogP contribution in [0.1, 0.15) is 16.7 Å². The van der Waals surface area contributed by atoms with Crippen LogP contribution >= 0.6 is 7.60 Å². The lowest BCUT2D eigenvalue weighted by Gasteiger charge is -2.19. The van der Waals surface area contributed by atoms with Crippen LogP contribution in [0.2, 0.25) is 0 Å². The van der Waals surface area contributed by atoms with Crippen molar-refractivity contribution >= 4 is 19.7 Å². The summed E-state index contributed by atoms with van der Waals surface area (Å²) >= 11 is 0. The number of alkyl carbamates (subject to hydrolysis) is 1. The van der Waals surface area contributed by atoms with Gasteiger partial charge in [-0.05, 0) is 11.1 Å². The maximum absolute atomic E-state index is 13.7. The fourth-order valence-corrected chi connectivity index (χ4v) is 2.84. The molecule has 0 aliphatic carbocycles. The zero-order valence-corrected chi connectivity index (χ0v) is 15.8. The number of carbonyl (C=O) groups is 2. The Morgan fingerprint density at radius 1 is 1.03 bits per heavy atom. The molecular formula is C18H18F2NO7P. The van der Waals surface area contributed by atoms with Gasteiger partial charge in [0, 0.05) is 12.0 Å². The first-order valence-corrected chi connectivity index (χ1v) is 9.85. The van der Waals surface area contributed by atoms with Crippen LogP contribution in [0.25, 0.3) is 0 Å². The van der Waals surface area contributed by atoms with E-state index in [-0.39, 0.29) is 18.6 Å². The summed E-state index contributed by atoms with van der Waals surface area (Å²) in [5, 5.41) is 11.4. The number of aliphatic carboxylic acids is 1. The van der Waals surface area contributed by atoms with Crippen molar-refractivity contribution in [3.8, 4) is 0 Å². The first-order valence-electron chi connectivity index (χ1n) is 8.23. The van der Waals surface area contributed by atoms with Gasteiger partial charge in [0.1, 0.15) is 12.6 Å². The summed E-state index contributed by atoms with van der Waals surface area (Å²) in [6.45, 7) is -0.0643. The molecule has 0 saturated heterocycles. The highest BCUT2D eigenvalue weighted by molar-refractivity contribution is 7.52. The van der Waals surface area contributed by atoms with Crippen molar-refractivity contribution in [2.24, 2.45) is 0 Å². The largest absolute Gasteiger partial charge is 0.480 e. The van der Waals surface area contributed by atoms with Crippen molar-refractivity contribution in [3.05, 3.63) is 71.3 Å². The Balaban J connectivity index is 2.00. The van der Waals surface area contributed by atoms with Crippen molar-refractivity contribution < 1.29 is 42.6 Å². The maximum atomic E-state index is 13.7. The molecule has 29 heavy (non-hydrogen) atoms. The molecule has 2 aromatic carbocycles. The molecule has 0 radical (unpaired) electrons. The van der Waals surface area contributed by atoms with Crippen LogP contribution in [0.15, 0.2) is 54.6 Å². The van der Waals surface area contributed by atoms with Crippen molar-refractivity contribution in [1.82, 2.24) is 5.32 Å². The number of amides is 1. The molecule has 1 amide bonds. The molecule has 0 fully saturated rings. The summed E-state index contributed by atoms with van der Waals surface area (Å²) in [5.74, 6) is -1.37. The molecule has 0 heterocycles. The molecule has 0 aliphatic heterocycles. The fourth-order valence-electron chi connectivity index (χ4n) is 2.35. The number of nitrogens with one attached hydrogen (secondary N) is 1. The number of halogens is 2. The third-order valence-corrected chi connectivity index (χ3v) is 4.90. The quantitative estimate of drug-likeness (QED) is 0.474. The Bertz CT molecular complexity index is 900. The predicted octanol–water partition coefficient (Wildman–Crippen LogP) is 2.84. The predicted molar refractivity (Wildman–Crippen MR) is 97.3 cm³/mol. The number of carbonyl (C=O) groups excluding carboxylic acids is 1. The molecule has 0 aromatic heterocycles.